The third-order valence-electron chi connectivity index (χ3n) is 6.34. The molecule has 2 atom stereocenters. The molecule has 2 unspecified atom stereocenters. The van der Waals surface area contributed by atoms with E-state index in [0.29, 0.717) is 17.5 Å². The number of carbonyl (C=O) groups excluding carboxylic acids is 2. The van der Waals surface area contributed by atoms with Crippen LogP contribution >= 0.6 is 0 Å². The van der Waals surface area contributed by atoms with Gasteiger partial charge in [0.05, 0.1) is 30.7 Å². The van der Waals surface area contributed by atoms with E-state index < -0.39 is 23.8 Å². The summed E-state index contributed by atoms with van der Waals surface area (Å²) in [6.07, 6.45) is 1.34. The molecule has 4 aromatic rings. The monoisotopic (exact) mass is 513 g/mol. The summed E-state index contributed by atoms with van der Waals surface area (Å²) in [5.41, 5.74) is 4.16. The predicted octanol–water partition coefficient (Wildman–Crippen LogP) is 4.38. The molecular formula is C30H31N3O5. The standard InChI is InChI=1S/C30H31N3O5/c1-19-8-12-21(13-9-19)31-16-25(33-22-14-10-20(2)11-15-22)28(30(36)32-17-27(34)37-3)24-18-38-26-7-5-4-6-23(26)29(24)35/h4-15,18,25,28,31,33H,16-17H2,1-3H3,(H,32,36). The molecule has 8 heteroatoms. The van der Waals surface area contributed by atoms with Gasteiger partial charge in [-0.2, -0.15) is 0 Å². The van der Waals surface area contributed by atoms with Crippen LogP contribution < -0.4 is 21.4 Å². The van der Waals surface area contributed by atoms with Gasteiger partial charge in [0, 0.05) is 23.5 Å². The molecule has 3 N–H and O–H groups in total. The Morgan fingerprint density at radius 3 is 2.18 bits per heavy atom. The number of aryl methyl sites for hydroxylation is 2. The number of ether oxygens (including phenoxy) is 1. The van der Waals surface area contributed by atoms with Crippen molar-refractivity contribution >= 4 is 34.2 Å². The zero-order valence-electron chi connectivity index (χ0n) is 21.6. The lowest BCUT2D eigenvalue weighted by molar-refractivity contribution is -0.141. The van der Waals surface area contributed by atoms with E-state index in [2.05, 4.69) is 20.7 Å². The van der Waals surface area contributed by atoms with Crippen molar-refractivity contribution in [2.75, 3.05) is 30.8 Å². The van der Waals surface area contributed by atoms with Gasteiger partial charge in [-0.15, -0.1) is 0 Å². The number of nitrogens with one attached hydrogen (secondary N) is 3. The number of hydrogen-bond donors (Lipinski definition) is 3. The molecule has 1 heterocycles. The van der Waals surface area contributed by atoms with Crippen LogP contribution in [0.2, 0.25) is 0 Å². The largest absolute Gasteiger partial charge is 0.468 e. The van der Waals surface area contributed by atoms with E-state index >= 15 is 0 Å². The number of fused-ring (bicyclic) bond motifs is 1. The van der Waals surface area contributed by atoms with E-state index in [9.17, 15) is 14.4 Å². The van der Waals surface area contributed by atoms with E-state index in [1.54, 1.807) is 24.3 Å². The minimum absolute atomic E-state index is 0.182. The zero-order valence-corrected chi connectivity index (χ0v) is 21.6. The minimum Gasteiger partial charge on any atom is -0.468 e. The first-order chi connectivity index (χ1) is 18.4. The van der Waals surface area contributed by atoms with Crippen molar-refractivity contribution < 1.29 is 18.7 Å². The summed E-state index contributed by atoms with van der Waals surface area (Å²) in [6.45, 7) is 3.96. The molecule has 4 rings (SSSR count). The van der Waals surface area contributed by atoms with Crippen LogP contribution in [0.25, 0.3) is 11.0 Å². The molecule has 196 valence electrons. The van der Waals surface area contributed by atoms with Crippen molar-refractivity contribution in [1.82, 2.24) is 5.32 Å². The highest BCUT2D eigenvalue weighted by molar-refractivity contribution is 5.89. The van der Waals surface area contributed by atoms with E-state index in [0.717, 1.165) is 22.5 Å². The van der Waals surface area contributed by atoms with Gasteiger partial charge in [0.15, 0.2) is 5.43 Å². The van der Waals surface area contributed by atoms with Crippen LogP contribution in [0.3, 0.4) is 0 Å². The summed E-state index contributed by atoms with van der Waals surface area (Å²) in [5, 5.41) is 9.80. The van der Waals surface area contributed by atoms with Crippen LogP contribution in [0, 0.1) is 13.8 Å². The molecule has 0 aliphatic carbocycles. The Hall–Kier alpha value is -4.59. The van der Waals surface area contributed by atoms with Crippen molar-refractivity contribution in [1.29, 1.82) is 0 Å². The Bertz CT molecular complexity index is 1460. The number of hydrogen-bond acceptors (Lipinski definition) is 7. The molecule has 0 aliphatic rings. The highest BCUT2D eigenvalue weighted by Crippen LogP contribution is 2.25. The lowest BCUT2D eigenvalue weighted by atomic mass is 9.90. The summed E-state index contributed by atoms with van der Waals surface area (Å²) < 4.78 is 10.5. The molecule has 38 heavy (non-hydrogen) atoms. The van der Waals surface area contributed by atoms with Crippen molar-refractivity contribution in [3.05, 3.63) is 106 Å². The number of para-hydroxylation sites is 1. The first-order valence-corrected chi connectivity index (χ1v) is 12.3. The van der Waals surface area contributed by atoms with Crippen LogP contribution in [-0.4, -0.2) is 38.1 Å². The second-order valence-corrected chi connectivity index (χ2v) is 9.15. The quantitative estimate of drug-likeness (QED) is 0.270. The van der Waals surface area contributed by atoms with Gasteiger partial charge in [0.25, 0.3) is 0 Å². The highest BCUT2D eigenvalue weighted by Gasteiger charge is 2.33. The second-order valence-electron chi connectivity index (χ2n) is 9.15. The Morgan fingerprint density at radius 2 is 1.53 bits per heavy atom. The molecule has 8 nitrogen and oxygen atoms in total. The van der Waals surface area contributed by atoms with E-state index in [-0.39, 0.29) is 17.5 Å². The van der Waals surface area contributed by atoms with Gasteiger partial charge in [0.1, 0.15) is 12.1 Å². The Balaban J connectivity index is 1.76. The minimum atomic E-state index is -1.00. The lowest BCUT2D eigenvalue weighted by Gasteiger charge is -2.29. The number of benzene rings is 3. The number of rotatable bonds is 10. The zero-order chi connectivity index (χ0) is 27.1. The summed E-state index contributed by atoms with van der Waals surface area (Å²) in [6, 6.07) is 21.9. The molecule has 0 saturated heterocycles. The number of anilines is 2. The number of esters is 1. The van der Waals surface area contributed by atoms with Gasteiger partial charge in [-0.1, -0.05) is 47.5 Å². The fourth-order valence-corrected chi connectivity index (χ4v) is 4.20. The van der Waals surface area contributed by atoms with Gasteiger partial charge in [-0.25, -0.2) is 0 Å². The molecule has 0 aliphatic heterocycles. The summed E-state index contributed by atoms with van der Waals surface area (Å²) in [5.74, 6) is -2.10. The topological polar surface area (TPSA) is 110 Å². The van der Waals surface area contributed by atoms with E-state index in [4.69, 9.17) is 4.42 Å². The maximum atomic E-state index is 13.6. The first kappa shape index (κ1) is 26.5. The molecule has 0 saturated carbocycles. The van der Waals surface area contributed by atoms with Crippen molar-refractivity contribution in [3.63, 3.8) is 0 Å². The number of amides is 1. The van der Waals surface area contributed by atoms with Gasteiger partial charge in [-0.05, 0) is 50.2 Å². The van der Waals surface area contributed by atoms with Gasteiger partial charge in [0.2, 0.25) is 5.91 Å². The maximum Gasteiger partial charge on any atom is 0.325 e. The molecular weight excluding hydrogens is 482 g/mol. The summed E-state index contributed by atoms with van der Waals surface area (Å²) in [7, 11) is 1.25. The average Bonchev–Trinajstić information content (AvgIpc) is 2.93. The smallest absolute Gasteiger partial charge is 0.325 e. The fraction of sp³-hybridized carbons (Fsp3) is 0.233. The first-order valence-electron chi connectivity index (χ1n) is 12.3. The Morgan fingerprint density at radius 1 is 0.895 bits per heavy atom. The maximum absolute atomic E-state index is 13.6. The SMILES string of the molecule is COC(=O)CNC(=O)C(c1coc2ccccc2c1=O)C(CNc1ccc(C)cc1)Nc1ccc(C)cc1. The molecule has 0 radical (unpaired) electrons. The molecule has 1 amide bonds. The van der Waals surface area contributed by atoms with Crippen molar-refractivity contribution in [3.8, 4) is 0 Å². The molecule has 0 fully saturated rings. The van der Waals surface area contributed by atoms with Crippen molar-refractivity contribution in [2.24, 2.45) is 0 Å². The van der Waals surface area contributed by atoms with E-state index in [1.807, 2.05) is 62.4 Å². The molecule has 1 aromatic heterocycles. The predicted molar refractivity (Wildman–Crippen MR) is 149 cm³/mol. The van der Waals surface area contributed by atoms with Crippen LogP contribution in [-0.2, 0) is 14.3 Å². The third-order valence-corrected chi connectivity index (χ3v) is 6.34. The summed E-state index contributed by atoms with van der Waals surface area (Å²) >= 11 is 0. The fourth-order valence-electron chi connectivity index (χ4n) is 4.20. The van der Waals surface area contributed by atoms with E-state index in [1.165, 1.54) is 13.4 Å². The van der Waals surface area contributed by atoms with Crippen LogP contribution in [0.5, 0.6) is 0 Å². The second kappa shape index (κ2) is 12.1. The highest BCUT2D eigenvalue weighted by atomic mass is 16.5. The molecule has 0 spiro atoms. The third kappa shape index (κ3) is 6.39. The number of carbonyl (C=O) groups is 2. The normalized spacial score (nSPS) is 12.4. The average molecular weight is 514 g/mol. The number of methoxy groups -OCH3 is 1. The molecule has 0 bridgehead atoms. The lowest BCUT2D eigenvalue weighted by Crippen LogP contribution is -2.46. The van der Waals surface area contributed by atoms with Crippen molar-refractivity contribution in [2.45, 2.75) is 25.8 Å². The van der Waals surface area contributed by atoms with Gasteiger partial charge >= 0.3 is 5.97 Å². The molecule has 3 aromatic carbocycles. The van der Waals surface area contributed by atoms with Crippen LogP contribution in [0.15, 0.2) is 88.3 Å². The summed E-state index contributed by atoms with van der Waals surface area (Å²) in [4.78, 5) is 39.0. The Kier molecular flexibility index (Phi) is 8.43. The van der Waals surface area contributed by atoms with Crippen LogP contribution in [0.4, 0.5) is 11.4 Å². The van der Waals surface area contributed by atoms with Gasteiger partial charge < -0.3 is 25.1 Å². The van der Waals surface area contributed by atoms with Crippen LogP contribution in [0.1, 0.15) is 22.6 Å². The Labute approximate surface area is 221 Å². The van der Waals surface area contributed by atoms with Gasteiger partial charge in [-0.3, -0.25) is 14.4 Å².